The summed E-state index contributed by atoms with van der Waals surface area (Å²) in [6, 6.07) is 18.6. The molecule has 0 aliphatic carbocycles. The van der Waals surface area contributed by atoms with E-state index in [0.717, 1.165) is 11.4 Å². The van der Waals surface area contributed by atoms with Gasteiger partial charge in [-0.25, -0.2) is 25.7 Å². The second-order valence-electron chi connectivity index (χ2n) is 4.07. The van der Waals surface area contributed by atoms with Crippen LogP contribution in [0, 0.1) is 0 Å². The van der Waals surface area contributed by atoms with E-state index < -0.39 is 0 Å². The maximum Gasteiger partial charge on any atom is 0.358 e. The van der Waals surface area contributed by atoms with Crippen molar-refractivity contribution < 1.29 is 4.79 Å². The van der Waals surface area contributed by atoms with Gasteiger partial charge < -0.3 is 0 Å². The van der Waals surface area contributed by atoms with Crippen LogP contribution in [0.15, 0.2) is 60.7 Å². The topological polar surface area (TPSA) is 47.6 Å². The van der Waals surface area contributed by atoms with Crippen molar-refractivity contribution in [2.45, 2.75) is 0 Å². The molecule has 20 heavy (non-hydrogen) atoms. The normalized spacial score (nSPS) is 10.1. The van der Waals surface area contributed by atoms with Crippen LogP contribution in [0.5, 0.6) is 0 Å². The summed E-state index contributed by atoms with van der Waals surface area (Å²) in [6.45, 7) is 0. The summed E-state index contributed by atoms with van der Waals surface area (Å²) < 4.78 is 0. The number of nitrogens with zero attached hydrogens (tertiary/aromatic N) is 2. The minimum absolute atomic E-state index is 0.215. The lowest BCUT2D eigenvalue weighted by atomic mass is 10.3. The molecule has 0 aliphatic rings. The van der Waals surface area contributed by atoms with Gasteiger partial charge in [-0.05, 0) is 24.3 Å². The Kier molecular flexibility index (Phi) is 4.70. The van der Waals surface area contributed by atoms with Crippen molar-refractivity contribution in [2.75, 3.05) is 24.1 Å². The molecule has 0 radical (unpaired) electrons. The molecular weight excluding hydrogens is 252 g/mol. The maximum atomic E-state index is 12.6. The van der Waals surface area contributed by atoms with E-state index in [4.69, 9.17) is 0 Å². The number of rotatable bonds is 4. The van der Waals surface area contributed by atoms with E-state index in [1.807, 2.05) is 60.7 Å². The summed E-state index contributed by atoms with van der Waals surface area (Å²) in [5.74, 6) is 0. The SMILES string of the molecule is CNN(C(=O)N(NC)c1ccccc1)c1ccccc1. The molecule has 0 bridgehead atoms. The van der Waals surface area contributed by atoms with Crippen LogP contribution in [0.3, 0.4) is 0 Å². The molecule has 5 nitrogen and oxygen atoms in total. The summed E-state index contributed by atoms with van der Waals surface area (Å²) in [6.07, 6.45) is 0. The fourth-order valence-corrected chi connectivity index (χ4v) is 1.92. The van der Waals surface area contributed by atoms with Crippen molar-refractivity contribution in [1.29, 1.82) is 0 Å². The number of hydrogen-bond acceptors (Lipinski definition) is 3. The first-order valence-electron chi connectivity index (χ1n) is 6.37. The Bertz CT molecular complexity index is 495. The predicted octanol–water partition coefficient (Wildman–Crippen LogP) is 2.39. The molecule has 0 heterocycles. The molecule has 2 aromatic rings. The Morgan fingerprint density at radius 3 is 1.40 bits per heavy atom. The fraction of sp³-hybridized carbons (Fsp3) is 0.133. The van der Waals surface area contributed by atoms with Gasteiger partial charge in [0.25, 0.3) is 0 Å². The third kappa shape index (κ3) is 2.96. The lowest BCUT2D eigenvalue weighted by molar-refractivity contribution is 0.247. The van der Waals surface area contributed by atoms with E-state index in [9.17, 15) is 4.79 Å². The lowest BCUT2D eigenvalue weighted by Gasteiger charge is -2.29. The molecule has 2 rings (SSSR count). The largest absolute Gasteiger partial charge is 0.358 e. The molecule has 2 N–H and O–H groups in total. The summed E-state index contributed by atoms with van der Waals surface area (Å²) in [4.78, 5) is 12.6. The van der Waals surface area contributed by atoms with E-state index in [1.54, 1.807) is 14.1 Å². The molecule has 2 amide bonds. The molecule has 2 aromatic carbocycles. The highest BCUT2D eigenvalue weighted by atomic mass is 16.2. The van der Waals surface area contributed by atoms with Crippen molar-refractivity contribution in [2.24, 2.45) is 0 Å². The Hall–Kier alpha value is -2.37. The molecule has 0 atom stereocenters. The van der Waals surface area contributed by atoms with Crippen LogP contribution >= 0.6 is 0 Å². The van der Waals surface area contributed by atoms with Crippen LogP contribution in [0.2, 0.25) is 0 Å². The number of hydrogen-bond donors (Lipinski definition) is 2. The fourth-order valence-electron chi connectivity index (χ4n) is 1.92. The maximum absolute atomic E-state index is 12.6. The molecule has 5 heteroatoms. The van der Waals surface area contributed by atoms with Gasteiger partial charge in [0.1, 0.15) is 0 Å². The number of nitrogens with one attached hydrogen (secondary N) is 2. The smallest absolute Gasteiger partial charge is 0.245 e. The van der Waals surface area contributed by atoms with Crippen molar-refractivity contribution in [3.8, 4) is 0 Å². The molecule has 104 valence electrons. The summed E-state index contributed by atoms with van der Waals surface area (Å²) in [5.41, 5.74) is 7.36. The molecule has 0 unspecified atom stereocenters. The average molecular weight is 270 g/mol. The minimum atomic E-state index is -0.215. The van der Waals surface area contributed by atoms with Gasteiger partial charge in [0, 0.05) is 14.1 Å². The molecule has 0 spiro atoms. The highest BCUT2D eigenvalue weighted by Gasteiger charge is 2.21. The second kappa shape index (κ2) is 6.70. The number of benzene rings is 2. The molecule has 0 aliphatic heterocycles. The monoisotopic (exact) mass is 270 g/mol. The summed E-state index contributed by atoms with van der Waals surface area (Å²) in [5, 5.41) is 2.95. The predicted molar refractivity (Wildman–Crippen MR) is 81.4 cm³/mol. The average Bonchev–Trinajstić information content (AvgIpc) is 2.51. The zero-order valence-corrected chi connectivity index (χ0v) is 11.6. The third-order valence-corrected chi connectivity index (χ3v) is 2.86. The number of anilines is 2. The van der Waals surface area contributed by atoms with Gasteiger partial charge in [0.2, 0.25) is 0 Å². The number of para-hydroxylation sites is 2. The number of carbonyl (C=O) groups is 1. The van der Waals surface area contributed by atoms with Gasteiger partial charge >= 0.3 is 6.03 Å². The van der Waals surface area contributed by atoms with Gasteiger partial charge in [-0.15, -0.1) is 0 Å². The first-order chi connectivity index (χ1) is 9.77. The van der Waals surface area contributed by atoms with Gasteiger partial charge in [-0.3, -0.25) is 0 Å². The van der Waals surface area contributed by atoms with Crippen molar-refractivity contribution in [3.05, 3.63) is 60.7 Å². The van der Waals surface area contributed by atoms with E-state index in [-0.39, 0.29) is 6.03 Å². The summed E-state index contributed by atoms with van der Waals surface area (Å²) >= 11 is 0. The Morgan fingerprint density at radius 1 is 0.750 bits per heavy atom. The number of urea groups is 1. The lowest BCUT2D eigenvalue weighted by Crippen LogP contribution is -2.53. The first-order valence-corrected chi connectivity index (χ1v) is 6.37. The van der Waals surface area contributed by atoms with E-state index in [2.05, 4.69) is 10.9 Å². The van der Waals surface area contributed by atoms with Gasteiger partial charge in [-0.1, -0.05) is 36.4 Å². The van der Waals surface area contributed by atoms with Crippen LogP contribution in [0.25, 0.3) is 0 Å². The van der Waals surface area contributed by atoms with E-state index in [0.29, 0.717) is 0 Å². The van der Waals surface area contributed by atoms with Crippen LogP contribution in [-0.2, 0) is 0 Å². The van der Waals surface area contributed by atoms with Crippen LogP contribution in [0.4, 0.5) is 16.2 Å². The Balaban J connectivity index is 2.28. The molecule has 0 saturated heterocycles. The van der Waals surface area contributed by atoms with Crippen molar-refractivity contribution in [1.82, 2.24) is 10.9 Å². The van der Waals surface area contributed by atoms with Gasteiger partial charge in [0.15, 0.2) is 0 Å². The number of amides is 2. The highest BCUT2D eigenvalue weighted by Crippen LogP contribution is 2.17. The molecule has 0 fully saturated rings. The van der Waals surface area contributed by atoms with Crippen LogP contribution in [-0.4, -0.2) is 20.1 Å². The van der Waals surface area contributed by atoms with Gasteiger partial charge in [-0.2, -0.15) is 0 Å². The molecular formula is C15H18N4O. The first kappa shape index (κ1) is 14.0. The van der Waals surface area contributed by atoms with Gasteiger partial charge in [0.05, 0.1) is 11.4 Å². The number of carbonyl (C=O) groups excluding carboxylic acids is 1. The zero-order chi connectivity index (χ0) is 14.4. The Morgan fingerprint density at radius 2 is 1.10 bits per heavy atom. The van der Waals surface area contributed by atoms with Crippen molar-refractivity contribution in [3.63, 3.8) is 0 Å². The number of hydrazine groups is 2. The standard InChI is InChI=1S/C15H18N4O/c1-16-18(13-9-5-3-6-10-13)15(20)19(17-2)14-11-7-4-8-12-14/h3-12,16-17H,1-2H3. The van der Waals surface area contributed by atoms with Crippen LogP contribution in [0.1, 0.15) is 0 Å². The quantitative estimate of drug-likeness (QED) is 0.839. The molecule has 0 saturated carbocycles. The van der Waals surface area contributed by atoms with Crippen molar-refractivity contribution >= 4 is 17.4 Å². The highest BCUT2D eigenvalue weighted by molar-refractivity contribution is 6.02. The second-order valence-corrected chi connectivity index (χ2v) is 4.07. The van der Waals surface area contributed by atoms with E-state index >= 15 is 0 Å². The van der Waals surface area contributed by atoms with Crippen LogP contribution < -0.4 is 20.9 Å². The Labute approximate surface area is 118 Å². The van der Waals surface area contributed by atoms with E-state index in [1.165, 1.54) is 10.0 Å². The zero-order valence-electron chi connectivity index (χ0n) is 11.6. The third-order valence-electron chi connectivity index (χ3n) is 2.86. The molecule has 0 aromatic heterocycles. The summed E-state index contributed by atoms with van der Waals surface area (Å²) in [7, 11) is 3.42. The minimum Gasteiger partial charge on any atom is -0.245 e.